The minimum atomic E-state index is -4.76. The molecule has 2 aliphatic rings. The number of H-pyrrole nitrogens is 1. The quantitative estimate of drug-likeness (QED) is 0.0198. The van der Waals surface area contributed by atoms with E-state index in [4.69, 9.17) is 42.3 Å². The Morgan fingerprint density at radius 3 is 2.15 bits per heavy atom. The molecule has 0 radical (unpaired) electrons. The molecule has 94 heavy (non-hydrogen) atoms. The monoisotopic (exact) mass is 1420 g/mol. The largest absolute Gasteiger partial charge is 0.511 e. The highest BCUT2D eigenvalue weighted by Gasteiger charge is 2.50. The zero-order valence-corrected chi connectivity index (χ0v) is 56.5. The molecular formula is C59H68Cl2F6N10O14S3. The van der Waals surface area contributed by atoms with Gasteiger partial charge in [-0.2, -0.15) is 48.0 Å². The number of aliphatic hydroxyl groups is 1. The first-order valence-corrected chi connectivity index (χ1v) is 33.8. The Bertz CT molecular complexity index is 4170. The number of rotatable bonds is 21. The number of aromatic amines is 1. The van der Waals surface area contributed by atoms with Crippen LogP contribution >= 0.6 is 35.0 Å². The number of hydrogen-bond donors (Lipinski definition) is 3. The van der Waals surface area contributed by atoms with Crippen molar-refractivity contribution in [2.45, 2.75) is 121 Å². The van der Waals surface area contributed by atoms with E-state index in [0.717, 1.165) is 53.7 Å². The first-order valence-electron chi connectivity index (χ1n) is 28.6. The van der Waals surface area contributed by atoms with Crippen LogP contribution in [0.3, 0.4) is 0 Å². The van der Waals surface area contributed by atoms with Crippen molar-refractivity contribution < 1.29 is 86.5 Å². The molecule has 0 fully saturated rings. The molecule has 0 bridgehead atoms. The summed E-state index contributed by atoms with van der Waals surface area (Å²) in [5, 5.41) is 26.6. The highest BCUT2D eigenvalue weighted by atomic mass is 35.5. The van der Waals surface area contributed by atoms with E-state index in [1.807, 2.05) is 25.6 Å². The third kappa shape index (κ3) is 18.9. The predicted molar refractivity (Wildman–Crippen MR) is 339 cm³/mol. The second kappa shape index (κ2) is 32.9. The van der Waals surface area contributed by atoms with Gasteiger partial charge in [0, 0.05) is 54.1 Å². The number of sulfonamides is 1. The molecular weight excluding hydrogens is 1350 g/mol. The maximum atomic E-state index is 13.7. The number of hydrazone groups is 1. The molecule has 0 amide bonds. The molecule has 1 aliphatic heterocycles. The number of aromatic nitrogens is 6. The molecule has 0 saturated carbocycles. The van der Waals surface area contributed by atoms with Gasteiger partial charge in [0.15, 0.2) is 32.6 Å². The number of anilines is 2. The zero-order chi connectivity index (χ0) is 70.4. The zero-order valence-electron chi connectivity index (χ0n) is 52.6. The Morgan fingerprint density at radius 1 is 0.947 bits per heavy atom. The van der Waals surface area contributed by atoms with Crippen molar-refractivity contribution in [3.05, 3.63) is 132 Å². The third-order valence-electron chi connectivity index (χ3n) is 13.6. The Kier molecular flexibility index (Phi) is 26.8. The van der Waals surface area contributed by atoms with Crippen LogP contribution in [0.25, 0.3) is 5.65 Å². The Balaban J connectivity index is 0.000000227. The van der Waals surface area contributed by atoms with Crippen LogP contribution in [-0.2, 0) is 61.8 Å². The number of Topliss-reactive ketones (excluding diaryl/α,β-unsaturated/α-hetero) is 1. The number of thioether (sulfide) groups is 1. The van der Waals surface area contributed by atoms with Gasteiger partial charge in [-0.15, -0.1) is 5.10 Å². The Labute approximate surface area is 551 Å². The van der Waals surface area contributed by atoms with E-state index in [2.05, 4.69) is 44.3 Å². The highest BCUT2D eigenvalue weighted by Crippen LogP contribution is 2.40. The molecule has 35 heteroatoms. The normalized spacial score (nSPS) is 16.2. The molecule has 3 aromatic heterocycles. The summed E-state index contributed by atoms with van der Waals surface area (Å²) in [4.78, 5) is 72.9. The van der Waals surface area contributed by atoms with Crippen molar-refractivity contribution in [3.8, 4) is 6.01 Å². The third-order valence-corrected chi connectivity index (χ3v) is 17.5. The van der Waals surface area contributed by atoms with E-state index in [9.17, 15) is 72.3 Å². The molecule has 3 atom stereocenters. The number of para-hydroxylation sites is 1. The minimum Gasteiger partial charge on any atom is -0.511 e. The number of oxime groups is 1. The fourth-order valence-electron chi connectivity index (χ4n) is 9.41. The lowest BCUT2D eigenvalue weighted by molar-refractivity contribution is -0.148. The van der Waals surface area contributed by atoms with Crippen LogP contribution in [-0.4, -0.2) is 136 Å². The van der Waals surface area contributed by atoms with Gasteiger partial charge in [0.25, 0.3) is 20.7 Å². The fraction of sp³-hybridized carbons (Fsp3) is 0.424. The number of ether oxygens (including phenoxy) is 3. The van der Waals surface area contributed by atoms with Gasteiger partial charge in [0.2, 0.25) is 5.78 Å². The number of carbonyl (C=O) groups is 4. The number of aryl methyl sites for hydroxylation is 2. The maximum Gasteiger partial charge on any atom is 0.416 e. The lowest BCUT2D eigenvalue weighted by atomic mass is 9.82. The predicted octanol–water partition coefficient (Wildman–Crippen LogP) is 11.0. The van der Waals surface area contributed by atoms with E-state index in [-0.39, 0.29) is 60.1 Å². The topological polar surface area (TPSA) is 315 Å². The molecule has 6 aromatic rings. The summed E-state index contributed by atoms with van der Waals surface area (Å²) in [6, 6.07) is 9.16. The SMILES string of the molecule is CCC/C(=N/OCC)C1=C(O)CC(CC(C)SCC)CC1=O.CCOC(=O)C1=NN(c2ccc(Cl)cc2Cl)C(C)(C(=O)OCC)C1.COc1ncc(F)c2nc(S(=O)(=O)Nc3c(F)cccc3F)nn12.Cc1[nH]n(C)c(=O)c1C(=O)c1ccc(C(F)(F)F)cc1S(C)(=O)=O. The van der Waals surface area contributed by atoms with Crippen LogP contribution in [0.4, 0.5) is 37.7 Å². The van der Waals surface area contributed by atoms with Gasteiger partial charge in [-0.1, -0.05) is 61.6 Å². The average Bonchev–Trinajstić information content (AvgIpc) is 1.56. The fourth-order valence-corrected chi connectivity index (χ4v) is 12.7. The van der Waals surface area contributed by atoms with E-state index < -0.39 is 105 Å². The van der Waals surface area contributed by atoms with E-state index in [0.29, 0.717) is 81.0 Å². The summed E-state index contributed by atoms with van der Waals surface area (Å²) in [6.07, 6.45) is 0.317. The number of nitrogens with one attached hydrogen (secondary N) is 2. The molecule has 8 rings (SSSR count). The van der Waals surface area contributed by atoms with Crippen LogP contribution in [0.15, 0.2) is 97.2 Å². The van der Waals surface area contributed by atoms with E-state index >= 15 is 0 Å². The Hall–Kier alpha value is -8.01. The smallest absolute Gasteiger partial charge is 0.416 e. The van der Waals surface area contributed by atoms with Gasteiger partial charge in [-0.3, -0.25) is 28.9 Å². The molecule has 4 heterocycles. The number of nitrogens with zero attached hydrogens (tertiary/aromatic N) is 8. The van der Waals surface area contributed by atoms with Gasteiger partial charge < -0.3 is 24.2 Å². The number of halogens is 8. The maximum absolute atomic E-state index is 13.7. The van der Waals surface area contributed by atoms with Crippen LogP contribution in [0.5, 0.6) is 6.01 Å². The van der Waals surface area contributed by atoms with Crippen molar-refractivity contribution in [3.63, 3.8) is 0 Å². The van der Waals surface area contributed by atoms with E-state index in [1.165, 1.54) is 26.1 Å². The number of methoxy groups -OCH3 is 1. The molecule has 512 valence electrons. The number of hydrogen-bond acceptors (Lipinski definition) is 21. The summed E-state index contributed by atoms with van der Waals surface area (Å²) in [6.45, 7) is 15.6. The second-order valence-corrected chi connectivity index (χ2v) is 26.9. The number of esters is 2. The van der Waals surface area contributed by atoms with Gasteiger partial charge in [-0.05, 0) is 108 Å². The number of alkyl halides is 3. The summed E-state index contributed by atoms with van der Waals surface area (Å²) in [5.74, 6) is -3.72. The van der Waals surface area contributed by atoms with Gasteiger partial charge in [-0.25, -0.2) is 41.2 Å². The van der Waals surface area contributed by atoms with Crippen LogP contribution < -0.4 is 20.0 Å². The number of benzene rings is 3. The average molecular weight is 1420 g/mol. The van der Waals surface area contributed by atoms with Gasteiger partial charge >= 0.3 is 24.1 Å². The lowest BCUT2D eigenvalue weighted by Gasteiger charge is -2.32. The van der Waals surface area contributed by atoms with Crippen molar-refractivity contribution in [1.82, 2.24) is 29.4 Å². The van der Waals surface area contributed by atoms with Crippen molar-refractivity contribution in [1.29, 1.82) is 0 Å². The number of fused-ring (bicyclic) bond motifs is 1. The van der Waals surface area contributed by atoms with Crippen molar-refractivity contribution >= 4 is 107 Å². The van der Waals surface area contributed by atoms with Crippen molar-refractivity contribution in [2.75, 3.05) is 48.7 Å². The molecule has 0 saturated heterocycles. The lowest BCUT2D eigenvalue weighted by Crippen LogP contribution is -2.48. The van der Waals surface area contributed by atoms with Gasteiger partial charge in [0.1, 0.15) is 41.0 Å². The molecule has 3 unspecified atom stereocenters. The first kappa shape index (κ1) is 76.7. The number of ketones is 2. The molecule has 3 N–H and O–H groups in total. The van der Waals surface area contributed by atoms with Crippen molar-refractivity contribution in [2.24, 2.45) is 23.2 Å². The molecule has 24 nitrogen and oxygen atoms in total. The van der Waals surface area contributed by atoms with Crippen LogP contribution in [0.1, 0.15) is 114 Å². The Morgan fingerprint density at radius 2 is 1.61 bits per heavy atom. The molecule has 3 aromatic carbocycles. The van der Waals surface area contributed by atoms with Crippen LogP contribution in [0.2, 0.25) is 10.0 Å². The second-order valence-electron chi connectivity index (χ2n) is 20.8. The first-order chi connectivity index (χ1) is 44.0. The summed E-state index contributed by atoms with van der Waals surface area (Å²) >= 11 is 14.1. The summed E-state index contributed by atoms with van der Waals surface area (Å²) in [5.41, 5.74) is -3.49. The number of sulfone groups is 1. The van der Waals surface area contributed by atoms with Gasteiger partial charge in [0.05, 0.1) is 59.0 Å². The number of carbonyl (C=O) groups excluding carboxylic acids is 4. The number of aliphatic hydroxyl groups excluding tert-OH is 1. The molecule has 1 aliphatic carbocycles. The number of allylic oxidation sites excluding steroid dienone is 2. The van der Waals surface area contributed by atoms with E-state index in [1.54, 1.807) is 43.7 Å². The van der Waals surface area contributed by atoms with Crippen LogP contribution in [0, 0.1) is 30.3 Å². The summed E-state index contributed by atoms with van der Waals surface area (Å²) in [7, 11) is -6.14. The standard InChI is InChI=1S/C17H29NO3S.C16H18Cl2N2O4.C14H13F3N2O4S.C12H8F3N5O3S/c1-5-8-14(18-21-6-2)17-15(19)10-13(11-16(17)20)9-12(4)22-7-3;1-4-23-14(21)12-9-16(3,15(22)24-5-2)20(19-12)13-7-6-10(17)8-11(13)18;1-7-11(13(21)19(2)18-7)12(20)9-5-4-8(14(15,16)17)6-10(9)24(3,22)23;1-23-12-16-5-8(15)10-17-11(18-20(10)12)24(21,22)19-9-6(13)3-2-4-7(9)14/h12-13,19H,5-11H2,1-4H3;6-8H,4-5,9H2,1-3H3;4-6,18H,1-3H3;2-5,19H,1H3/b18-14-;;;. The highest BCUT2D eigenvalue weighted by molar-refractivity contribution is 7.99. The molecule has 0 spiro atoms. The summed E-state index contributed by atoms with van der Waals surface area (Å²) < 4.78 is 146. The minimum absolute atomic E-state index is 0.00866.